The van der Waals surface area contributed by atoms with Gasteiger partial charge < -0.3 is 14.9 Å². The second-order valence-electron chi connectivity index (χ2n) is 2.48. The van der Waals surface area contributed by atoms with Crippen LogP contribution in [0.1, 0.15) is 26.7 Å². The van der Waals surface area contributed by atoms with E-state index >= 15 is 0 Å². The molecule has 0 aliphatic heterocycles. The number of aliphatic hydroxyl groups is 2. The Morgan fingerprint density at radius 3 is 2.36 bits per heavy atom. The Bertz CT molecular complexity index is 120. The van der Waals surface area contributed by atoms with Crippen LogP contribution in [0.25, 0.3) is 0 Å². The fraction of sp³-hybridized carbons (Fsp3) is 0.857. The molecule has 0 aromatic heterocycles. The minimum Gasteiger partial charge on any atom is -0.436 e. The summed E-state index contributed by atoms with van der Waals surface area (Å²) in [4.78, 5) is 10.7. The molecule has 0 saturated carbocycles. The van der Waals surface area contributed by atoms with Crippen LogP contribution in [0.5, 0.6) is 0 Å². The minimum atomic E-state index is -1.06. The van der Waals surface area contributed by atoms with Crippen molar-refractivity contribution in [2.24, 2.45) is 0 Å². The highest BCUT2D eigenvalue weighted by Crippen LogP contribution is 1.98. The van der Waals surface area contributed by atoms with Crippen LogP contribution in [0.3, 0.4) is 0 Å². The van der Waals surface area contributed by atoms with Gasteiger partial charge in [-0.05, 0) is 20.3 Å². The van der Waals surface area contributed by atoms with Gasteiger partial charge in [0.15, 0.2) is 6.29 Å². The third kappa shape index (κ3) is 7.29. The quantitative estimate of drug-likeness (QED) is 0.452. The topological polar surface area (TPSA) is 66.8 Å². The van der Waals surface area contributed by atoms with Crippen molar-refractivity contribution in [1.29, 1.82) is 0 Å². The highest BCUT2D eigenvalue weighted by Gasteiger charge is 2.07. The largest absolute Gasteiger partial charge is 0.436 e. The van der Waals surface area contributed by atoms with E-state index in [2.05, 4.69) is 4.74 Å². The van der Waals surface area contributed by atoms with Gasteiger partial charge in [0.2, 0.25) is 0 Å². The van der Waals surface area contributed by atoms with Gasteiger partial charge in [0.05, 0.1) is 6.10 Å². The molecule has 66 valence electrons. The molecule has 0 rings (SSSR count). The van der Waals surface area contributed by atoms with Gasteiger partial charge in [-0.15, -0.1) is 0 Å². The molecule has 0 saturated heterocycles. The molecule has 2 atom stereocenters. The molecule has 2 N–H and O–H groups in total. The number of rotatable bonds is 4. The van der Waals surface area contributed by atoms with Crippen molar-refractivity contribution in [3.8, 4) is 0 Å². The Morgan fingerprint density at radius 2 is 2.00 bits per heavy atom. The van der Waals surface area contributed by atoms with Crippen molar-refractivity contribution in [2.45, 2.75) is 39.1 Å². The predicted molar refractivity (Wildman–Crippen MR) is 38.7 cm³/mol. The second-order valence-corrected chi connectivity index (χ2v) is 2.48. The molecule has 0 spiro atoms. The number of hydrogen-bond donors (Lipinski definition) is 2. The van der Waals surface area contributed by atoms with Gasteiger partial charge in [-0.1, -0.05) is 0 Å². The first kappa shape index (κ1) is 10.4. The van der Waals surface area contributed by atoms with Crippen molar-refractivity contribution in [3.05, 3.63) is 0 Å². The second kappa shape index (κ2) is 5.09. The molecular formula is C7H14O4. The number of carbonyl (C=O) groups is 1. The van der Waals surface area contributed by atoms with Crippen LogP contribution >= 0.6 is 0 Å². The maximum atomic E-state index is 10.7. The molecule has 0 aromatic carbocycles. The number of hydrogen-bond acceptors (Lipinski definition) is 4. The molecule has 2 unspecified atom stereocenters. The summed E-state index contributed by atoms with van der Waals surface area (Å²) in [5.74, 6) is -0.485. The number of aliphatic hydroxyl groups excluding tert-OH is 2. The summed E-state index contributed by atoms with van der Waals surface area (Å²) in [6.07, 6.45) is -1.05. The minimum absolute atomic E-state index is 0.141. The lowest BCUT2D eigenvalue weighted by atomic mass is 10.2. The van der Waals surface area contributed by atoms with Crippen LogP contribution in [-0.2, 0) is 9.53 Å². The molecule has 0 aliphatic rings. The molecule has 4 heteroatoms. The van der Waals surface area contributed by atoms with Gasteiger partial charge in [0, 0.05) is 6.42 Å². The zero-order valence-electron chi connectivity index (χ0n) is 6.78. The first-order valence-corrected chi connectivity index (χ1v) is 3.58. The van der Waals surface area contributed by atoms with Crippen molar-refractivity contribution in [1.82, 2.24) is 0 Å². The molecular weight excluding hydrogens is 148 g/mol. The van der Waals surface area contributed by atoms with Gasteiger partial charge >= 0.3 is 5.97 Å². The van der Waals surface area contributed by atoms with Gasteiger partial charge in [-0.3, -0.25) is 4.79 Å². The zero-order valence-corrected chi connectivity index (χ0v) is 6.78. The smallest absolute Gasteiger partial charge is 0.308 e. The maximum absolute atomic E-state index is 10.7. The highest BCUT2D eigenvalue weighted by atomic mass is 16.6. The Kier molecular flexibility index (Phi) is 4.81. The third-order valence-electron chi connectivity index (χ3n) is 1.07. The third-order valence-corrected chi connectivity index (χ3v) is 1.07. The Hall–Kier alpha value is -0.610. The van der Waals surface area contributed by atoms with Gasteiger partial charge in [0.1, 0.15) is 0 Å². The van der Waals surface area contributed by atoms with Gasteiger partial charge in [-0.2, -0.15) is 0 Å². The first-order chi connectivity index (χ1) is 5.02. The van der Waals surface area contributed by atoms with E-state index < -0.39 is 18.4 Å². The predicted octanol–water partition coefficient (Wildman–Crippen LogP) is 0.0289. The molecule has 4 nitrogen and oxygen atoms in total. The van der Waals surface area contributed by atoms with E-state index in [1.165, 1.54) is 6.92 Å². The molecule has 0 fully saturated rings. The fourth-order valence-electron chi connectivity index (χ4n) is 0.576. The number of carbonyl (C=O) groups excluding carboxylic acids is 1. The van der Waals surface area contributed by atoms with Crippen LogP contribution < -0.4 is 0 Å². The van der Waals surface area contributed by atoms with E-state index in [0.29, 0.717) is 6.42 Å². The summed E-state index contributed by atoms with van der Waals surface area (Å²) in [6.45, 7) is 2.95. The summed E-state index contributed by atoms with van der Waals surface area (Å²) in [5, 5.41) is 17.3. The summed E-state index contributed by atoms with van der Waals surface area (Å²) < 4.78 is 4.41. The molecule has 0 amide bonds. The maximum Gasteiger partial charge on any atom is 0.308 e. The van der Waals surface area contributed by atoms with E-state index in [4.69, 9.17) is 10.2 Å². The lowest BCUT2D eigenvalue weighted by molar-refractivity contribution is -0.165. The number of ether oxygens (including phenoxy) is 1. The molecule has 0 heterocycles. The van der Waals surface area contributed by atoms with Crippen LogP contribution in [0.15, 0.2) is 0 Å². The average Bonchev–Trinajstić information content (AvgIpc) is 1.82. The van der Waals surface area contributed by atoms with Crippen LogP contribution in [0.2, 0.25) is 0 Å². The normalized spacial score (nSPS) is 15.6. The zero-order chi connectivity index (χ0) is 8.85. The number of esters is 1. The van der Waals surface area contributed by atoms with Gasteiger partial charge in [-0.25, -0.2) is 0 Å². The Morgan fingerprint density at radius 1 is 1.45 bits per heavy atom. The van der Waals surface area contributed by atoms with E-state index in [0.717, 1.165) is 0 Å². The molecule has 0 bridgehead atoms. The highest BCUT2D eigenvalue weighted by molar-refractivity contribution is 5.69. The fourth-order valence-corrected chi connectivity index (χ4v) is 0.576. The van der Waals surface area contributed by atoms with Crippen molar-refractivity contribution in [3.63, 3.8) is 0 Å². The standard InChI is InChI=1S/C7H14O4/c1-5(8)3-4-7(10)11-6(2)9/h5-6,8-9H,3-4H2,1-2H3. The van der Waals surface area contributed by atoms with E-state index in [-0.39, 0.29) is 6.42 Å². The summed E-state index contributed by atoms with van der Waals surface area (Å²) in [7, 11) is 0. The van der Waals surface area contributed by atoms with Crippen LogP contribution in [0.4, 0.5) is 0 Å². The lowest BCUT2D eigenvalue weighted by Crippen LogP contribution is -2.15. The van der Waals surface area contributed by atoms with E-state index in [1.54, 1.807) is 6.92 Å². The van der Waals surface area contributed by atoms with E-state index in [9.17, 15) is 4.79 Å². The molecule has 0 radical (unpaired) electrons. The van der Waals surface area contributed by atoms with Crippen molar-refractivity contribution < 1.29 is 19.7 Å². The van der Waals surface area contributed by atoms with E-state index in [1.807, 2.05) is 0 Å². The Balaban J connectivity index is 3.38. The van der Waals surface area contributed by atoms with Crippen LogP contribution in [-0.4, -0.2) is 28.6 Å². The van der Waals surface area contributed by atoms with Gasteiger partial charge in [0.25, 0.3) is 0 Å². The summed E-state index contributed by atoms with van der Waals surface area (Å²) >= 11 is 0. The summed E-state index contributed by atoms with van der Waals surface area (Å²) in [5.41, 5.74) is 0. The SMILES string of the molecule is CC(O)CCC(=O)OC(C)O. The van der Waals surface area contributed by atoms with Crippen molar-refractivity contribution >= 4 is 5.97 Å². The lowest BCUT2D eigenvalue weighted by Gasteiger charge is -2.07. The average molecular weight is 162 g/mol. The molecule has 0 aromatic rings. The van der Waals surface area contributed by atoms with Crippen molar-refractivity contribution in [2.75, 3.05) is 0 Å². The van der Waals surface area contributed by atoms with Crippen LogP contribution in [0, 0.1) is 0 Å². The molecule has 11 heavy (non-hydrogen) atoms. The monoisotopic (exact) mass is 162 g/mol. The summed E-state index contributed by atoms with van der Waals surface area (Å²) in [6, 6.07) is 0. The first-order valence-electron chi connectivity index (χ1n) is 3.58. The molecule has 0 aliphatic carbocycles. The Labute approximate surface area is 65.8 Å².